The molecule has 1 N–H and O–H groups in total. The standard InChI is InChI=1S/C29H36FN5O4/c1-4-39-28(37)18-25-23-11-10-22(30)17-24(23)29(38)35(32-25)19-31-27(36)9-6-12-33-13-15-34(16-14-33)26-8-5-7-20(2)21(26)3/h5,7-8,10-11,17H,4,6,9,12-16,18-19H2,1-3H3,(H,31,36). The third kappa shape index (κ3) is 7.00. The van der Waals surface area contributed by atoms with Gasteiger partial charge in [0.1, 0.15) is 12.5 Å². The number of carbonyl (C=O) groups excluding carboxylic acids is 2. The van der Waals surface area contributed by atoms with Crippen molar-refractivity contribution < 1.29 is 18.7 Å². The number of carbonyl (C=O) groups is 2. The molecule has 208 valence electrons. The zero-order chi connectivity index (χ0) is 27.9. The Morgan fingerprint density at radius 2 is 1.85 bits per heavy atom. The number of halogens is 1. The number of benzene rings is 2. The molecule has 9 nitrogen and oxygen atoms in total. The first kappa shape index (κ1) is 28.2. The molecule has 2 heterocycles. The molecular formula is C29H36FN5O4. The van der Waals surface area contributed by atoms with E-state index >= 15 is 0 Å². The number of aromatic nitrogens is 2. The summed E-state index contributed by atoms with van der Waals surface area (Å²) in [5.41, 5.74) is 3.65. The van der Waals surface area contributed by atoms with Crippen LogP contribution in [-0.2, 0) is 27.4 Å². The molecule has 1 fully saturated rings. The van der Waals surface area contributed by atoms with Gasteiger partial charge in [-0.25, -0.2) is 9.07 Å². The quantitative estimate of drug-likeness (QED) is 0.397. The number of anilines is 1. The van der Waals surface area contributed by atoms with Crippen molar-refractivity contribution in [2.24, 2.45) is 0 Å². The zero-order valence-corrected chi connectivity index (χ0v) is 22.8. The first-order valence-corrected chi connectivity index (χ1v) is 13.4. The van der Waals surface area contributed by atoms with Crippen LogP contribution in [0.15, 0.2) is 41.2 Å². The van der Waals surface area contributed by atoms with Crippen molar-refractivity contribution in [1.82, 2.24) is 20.0 Å². The van der Waals surface area contributed by atoms with E-state index in [4.69, 9.17) is 4.74 Å². The van der Waals surface area contributed by atoms with Gasteiger partial charge in [-0.3, -0.25) is 19.3 Å². The van der Waals surface area contributed by atoms with Gasteiger partial charge in [-0.2, -0.15) is 5.10 Å². The lowest BCUT2D eigenvalue weighted by Gasteiger charge is -2.37. The number of rotatable bonds is 10. The Morgan fingerprint density at radius 1 is 1.08 bits per heavy atom. The summed E-state index contributed by atoms with van der Waals surface area (Å²) in [6.45, 7) is 10.6. The summed E-state index contributed by atoms with van der Waals surface area (Å²) >= 11 is 0. The van der Waals surface area contributed by atoms with Crippen LogP contribution in [0.4, 0.5) is 10.1 Å². The largest absolute Gasteiger partial charge is 0.466 e. The van der Waals surface area contributed by atoms with Crippen LogP contribution in [-0.4, -0.2) is 65.9 Å². The van der Waals surface area contributed by atoms with Crippen LogP contribution < -0.4 is 15.8 Å². The highest BCUT2D eigenvalue weighted by Gasteiger charge is 2.19. The van der Waals surface area contributed by atoms with Crippen molar-refractivity contribution in [3.63, 3.8) is 0 Å². The van der Waals surface area contributed by atoms with Gasteiger partial charge >= 0.3 is 5.97 Å². The van der Waals surface area contributed by atoms with Crippen molar-refractivity contribution >= 4 is 28.3 Å². The highest BCUT2D eigenvalue weighted by atomic mass is 19.1. The third-order valence-electron chi connectivity index (χ3n) is 7.21. The molecule has 0 spiro atoms. The van der Waals surface area contributed by atoms with E-state index in [2.05, 4.69) is 52.3 Å². The summed E-state index contributed by atoms with van der Waals surface area (Å²) in [5.74, 6) is -1.28. The van der Waals surface area contributed by atoms with Crippen molar-refractivity contribution in [3.05, 3.63) is 69.4 Å². The maximum absolute atomic E-state index is 13.9. The number of piperazine rings is 1. The molecule has 0 radical (unpaired) electrons. The summed E-state index contributed by atoms with van der Waals surface area (Å²) in [5, 5.41) is 7.48. The number of nitrogens with one attached hydrogen (secondary N) is 1. The molecule has 0 unspecified atom stereocenters. The molecule has 1 amide bonds. The summed E-state index contributed by atoms with van der Waals surface area (Å²) in [7, 11) is 0. The van der Waals surface area contributed by atoms with Crippen LogP contribution in [0.1, 0.15) is 36.6 Å². The fraction of sp³-hybridized carbons (Fsp3) is 0.448. The van der Waals surface area contributed by atoms with E-state index in [-0.39, 0.29) is 36.7 Å². The fourth-order valence-corrected chi connectivity index (χ4v) is 4.92. The second kappa shape index (κ2) is 12.8. The molecule has 1 aromatic heterocycles. The van der Waals surface area contributed by atoms with E-state index in [0.29, 0.717) is 18.2 Å². The van der Waals surface area contributed by atoms with Crippen molar-refractivity contribution in [2.75, 3.05) is 44.2 Å². The number of aryl methyl sites for hydroxylation is 1. The number of fused-ring (bicyclic) bond motifs is 1. The molecule has 1 aliphatic rings. The van der Waals surface area contributed by atoms with Crippen LogP contribution >= 0.6 is 0 Å². The summed E-state index contributed by atoms with van der Waals surface area (Å²) in [6, 6.07) is 10.2. The molecular weight excluding hydrogens is 501 g/mol. The minimum atomic E-state index is -0.571. The Labute approximate surface area is 227 Å². The minimum Gasteiger partial charge on any atom is -0.466 e. The molecule has 39 heavy (non-hydrogen) atoms. The maximum atomic E-state index is 13.9. The lowest BCUT2D eigenvalue weighted by molar-refractivity contribution is -0.142. The van der Waals surface area contributed by atoms with Gasteiger partial charge in [0.25, 0.3) is 5.56 Å². The Hall–Kier alpha value is -3.79. The predicted molar refractivity (Wildman–Crippen MR) is 148 cm³/mol. The molecule has 1 saturated heterocycles. The highest BCUT2D eigenvalue weighted by Crippen LogP contribution is 2.24. The number of esters is 1. The first-order chi connectivity index (χ1) is 18.8. The third-order valence-corrected chi connectivity index (χ3v) is 7.21. The molecule has 0 aliphatic carbocycles. The fourth-order valence-electron chi connectivity index (χ4n) is 4.92. The van der Waals surface area contributed by atoms with Gasteiger partial charge in [-0.1, -0.05) is 12.1 Å². The molecule has 0 atom stereocenters. The summed E-state index contributed by atoms with van der Waals surface area (Å²) < 4.78 is 19.9. The minimum absolute atomic E-state index is 0.0959. The van der Waals surface area contributed by atoms with Gasteiger partial charge in [-0.05, 0) is 69.1 Å². The first-order valence-electron chi connectivity index (χ1n) is 13.4. The van der Waals surface area contributed by atoms with E-state index in [0.717, 1.165) is 43.5 Å². The lowest BCUT2D eigenvalue weighted by Crippen LogP contribution is -2.47. The molecule has 4 rings (SSSR count). The number of ether oxygens (including phenoxy) is 1. The number of amides is 1. The van der Waals surface area contributed by atoms with Gasteiger partial charge in [0.2, 0.25) is 5.91 Å². The maximum Gasteiger partial charge on any atom is 0.311 e. The average molecular weight is 538 g/mol. The Morgan fingerprint density at radius 3 is 2.59 bits per heavy atom. The number of hydrogen-bond acceptors (Lipinski definition) is 7. The Balaban J connectivity index is 1.29. The van der Waals surface area contributed by atoms with Gasteiger partial charge in [0.05, 0.1) is 24.1 Å². The number of nitrogens with zero attached hydrogens (tertiary/aromatic N) is 4. The number of hydrogen-bond donors (Lipinski definition) is 1. The molecule has 0 saturated carbocycles. The topological polar surface area (TPSA) is 96.8 Å². The second-order valence-corrected chi connectivity index (χ2v) is 9.83. The van der Waals surface area contributed by atoms with Crippen LogP contribution in [0.3, 0.4) is 0 Å². The smallest absolute Gasteiger partial charge is 0.311 e. The van der Waals surface area contributed by atoms with Crippen LogP contribution in [0, 0.1) is 19.7 Å². The van der Waals surface area contributed by atoms with Gasteiger partial charge in [0.15, 0.2) is 0 Å². The van der Waals surface area contributed by atoms with Crippen LogP contribution in [0.25, 0.3) is 10.8 Å². The van der Waals surface area contributed by atoms with Gasteiger partial charge in [0, 0.05) is 43.7 Å². The normalized spacial score (nSPS) is 14.0. The predicted octanol–water partition coefficient (Wildman–Crippen LogP) is 2.93. The zero-order valence-electron chi connectivity index (χ0n) is 22.8. The summed E-state index contributed by atoms with van der Waals surface area (Å²) in [4.78, 5) is 42.3. The molecule has 3 aromatic rings. The van der Waals surface area contributed by atoms with Crippen LogP contribution in [0.2, 0.25) is 0 Å². The van der Waals surface area contributed by atoms with E-state index in [1.54, 1.807) is 6.92 Å². The van der Waals surface area contributed by atoms with E-state index in [1.807, 2.05) is 0 Å². The SMILES string of the molecule is CCOC(=O)Cc1nn(CNC(=O)CCCN2CCN(c3cccc(C)c3C)CC2)c(=O)c2cc(F)ccc12. The molecule has 2 aromatic carbocycles. The monoisotopic (exact) mass is 537 g/mol. The molecule has 0 bridgehead atoms. The Kier molecular flexibility index (Phi) is 9.29. The van der Waals surface area contributed by atoms with E-state index in [1.165, 1.54) is 28.9 Å². The van der Waals surface area contributed by atoms with Crippen LogP contribution in [0.5, 0.6) is 0 Å². The average Bonchev–Trinajstić information content (AvgIpc) is 2.92. The lowest BCUT2D eigenvalue weighted by atomic mass is 10.1. The van der Waals surface area contributed by atoms with Crippen molar-refractivity contribution in [2.45, 2.75) is 46.7 Å². The van der Waals surface area contributed by atoms with Crippen molar-refractivity contribution in [1.29, 1.82) is 0 Å². The molecule has 10 heteroatoms. The van der Waals surface area contributed by atoms with E-state index < -0.39 is 17.3 Å². The molecule has 1 aliphatic heterocycles. The summed E-state index contributed by atoms with van der Waals surface area (Å²) in [6.07, 6.45) is 0.833. The van der Waals surface area contributed by atoms with Gasteiger partial charge in [-0.15, -0.1) is 0 Å². The van der Waals surface area contributed by atoms with Crippen molar-refractivity contribution in [3.8, 4) is 0 Å². The van der Waals surface area contributed by atoms with E-state index in [9.17, 15) is 18.8 Å². The second-order valence-electron chi connectivity index (χ2n) is 9.83. The van der Waals surface area contributed by atoms with Gasteiger partial charge < -0.3 is 15.0 Å². The Bertz CT molecular complexity index is 1400. The highest BCUT2D eigenvalue weighted by molar-refractivity contribution is 5.87.